The Bertz CT molecular complexity index is 949. The predicted molar refractivity (Wildman–Crippen MR) is 98.6 cm³/mol. The van der Waals surface area contributed by atoms with Crippen molar-refractivity contribution < 1.29 is 18.7 Å². The first kappa shape index (κ1) is 17.7. The maximum absolute atomic E-state index is 11.9. The molecule has 0 spiro atoms. The lowest BCUT2D eigenvalue weighted by atomic mass is 10.1. The Kier molecular flexibility index (Phi) is 5.66. The Balaban J connectivity index is 1.47. The molecule has 1 heterocycles. The van der Waals surface area contributed by atoms with E-state index in [4.69, 9.17) is 13.9 Å². The second-order valence-corrected chi connectivity index (χ2v) is 5.72. The van der Waals surface area contributed by atoms with Crippen LogP contribution in [0.1, 0.15) is 5.56 Å². The van der Waals surface area contributed by atoms with Gasteiger partial charge < -0.3 is 19.2 Å². The monoisotopic (exact) mass is 353 g/mol. The summed E-state index contributed by atoms with van der Waals surface area (Å²) in [6.45, 7) is 2.41. The van der Waals surface area contributed by atoms with E-state index in [-0.39, 0.29) is 12.5 Å². The van der Waals surface area contributed by atoms with Crippen molar-refractivity contribution in [2.45, 2.75) is 6.92 Å². The smallest absolute Gasteiger partial charge is 0.336 e. The summed E-state index contributed by atoms with van der Waals surface area (Å²) in [6, 6.07) is 16.0. The quantitative estimate of drug-likeness (QED) is 0.521. The third-order valence-electron chi connectivity index (χ3n) is 3.71. The Hall–Kier alpha value is -3.12. The number of aryl methyl sites for hydroxylation is 1. The van der Waals surface area contributed by atoms with Gasteiger partial charge in [0.25, 0.3) is 0 Å². The number of hydrogen-bond donors (Lipinski definition) is 1. The Morgan fingerprint density at radius 1 is 1.08 bits per heavy atom. The summed E-state index contributed by atoms with van der Waals surface area (Å²) in [5.74, 6) is 0.465. The molecule has 134 valence electrons. The highest BCUT2D eigenvalue weighted by Crippen LogP contribution is 2.20. The van der Waals surface area contributed by atoms with Crippen LogP contribution in [0.3, 0.4) is 0 Å². The lowest BCUT2D eigenvalue weighted by molar-refractivity contribution is -0.120. The van der Waals surface area contributed by atoms with Gasteiger partial charge >= 0.3 is 5.63 Å². The Labute approximate surface area is 150 Å². The summed E-state index contributed by atoms with van der Waals surface area (Å²) >= 11 is 0. The molecular formula is C20H19NO5. The first-order valence-corrected chi connectivity index (χ1v) is 8.22. The number of carbonyl (C=O) groups excluding carboxylic acids is 1. The predicted octanol–water partition coefficient (Wildman–Crippen LogP) is 3.14. The lowest BCUT2D eigenvalue weighted by Gasteiger charge is -2.08. The number of ether oxygens (including phenoxy) is 2. The minimum atomic E-state index is -0.416. The van der Waals surface area contributed by atoms with Gasteiger partial charge in [0.2, 0.25) is 5.91 Å². The molecule has 6 heteroatoms. The van der Waals surface area contributed by atoms with Crippen LogP contribution < -0.4 is 15.7 Å². The fourth-order valence-electron chi connectivity index (χ4n) is 2.50. The average molecular weight is 353 g/mol. The van der Waals surface area contributed by atoms with E-state index in [1.807, 2.05) is 37.3 Å². The number of hydrogen-bond acceptors (Lipinski definition) is 5. The van der Waals surface area contributed by atoms with Crippen molar-refractivity contribution in [3.8, 4) is 5.75 Å². The van der Waals surface area contributed by atoms with Crippen molar-refractivity contribution in [3.63, 3.8) is 0 Å². The number of amides is 1. The van der Waals surface area contributed by atoms with Crippen LogP contribution in [-0.2, 0) is 9.53 Å². The molecule has 0 aliphatic carbocycles. The first-order valence-electron chi connectivity index (χ1n) is 8.22. The van der Waals surface area contributed by atoms with Crippen molar-refractivity contribution in [2.24, 2.45) is 0 Å². The van der Waals surface area contributed by atoms with Gasteiger partial charge in [-0.2, -0.15) is 0 Å². The van der Waals surface area contributed by atoms with Crippen LogP contribution in [0.25, 0.3) is 11.0 Å². The van der Waals surface area contributed by atoms with Crippen molar-refractivity contribution in [1.82, 2.24) is 0 Å². The molecule has 0 aliphatic rings. The second kappa shape index (κ2) is 8.31. The summed E-state index contributed by atoms with van der Waals surface area (Å²) in [4.78, 5) is 23.4. The minimum absolute atomic E-state index is 0.0893. The highest BCUT2D eigenvalue weighted by molar-refractivity contribution is 5.94. The molecule has 0 atom stereocenters. The number of fused-ring (bicyclic) bond motifs is 1. The third-order valence-corrected chi connectivity index (χ3v) is 3.71. The normalized spacial score (nSPS) is 10.7. The van der Waals surface area contributed by atoms with Gasteiger partial charge in [-0.25, -0.2) is 4.79 Å². The molecule has 0 saturated heterocycles. The van der Waals surface area contributed by atoms with Crippen LogP contribution in [0, 0.1) is 6.92 Å². The molecular weight excluding hydrogens is 334 g/mol. The van der Waals surface area contributed by atoms with Crippen LogP contribution in [0.5, 0.6) is 5.75 Å². The van der Waals surface area contributed by atoms with Gasteiger partial charge in [-0.1, -0.05) is 18.2 Å². The fourth-order valence-corrected chi connectivity index (χ4v) is 2.50. The zero-order valence-corrected chi connectivity index (χ0v) is 14.4. The van der Waals surface area contributed by atoms with Gasteiger partial charge in [-0.05, 0) is 36.8 Å². The molecule has 3 rings (SSSR count). The molecule has 0 radical (unpaired) electrons. The molecule has 0 saturated carbocycles. The van der Waals surface area contributed by atoms with E-state index in [2.05, 4.69) is 5.32 Å². The van der Waals surface area contributed by atoms with E-state index in [0.717, 1.165) is 16.7 Å². The molecule has 2 aromatic carbocycles. The zero-order chi connectivity index (χ0) is 18.4. The van der Waals surface area contributed by atoms with E-state index in [1.54, 1.807) is 18.2 Å². The summed E-state index contributed by atoms with van der Waals surface area (Å²) in [6.07, 6.45) is 0. The van der Waals surface area contributed by atoms with Gasteiger partial charge in [0, 0.05) is 23.2 Å². The lowest BCUT2D eigenvalue weighted by Crippen LogP contribution is -2.20. The third kappa shape index (κ3) is 4.70. The number of para-hydroxylation sites is 1. The molecule has 0 unspecified atom stereocenters. The number of benzene rings is 2. The van der Waals surface area contributed by atoms with Gasteiger partial charge in [0.05, 0.1) is 6.61 Å². The fraction of sp³-hybridized carbons (Fsp3) is 0.200. The zero-order valence-electron chi connectivity index (χ0n) is 14.4. The summed E-state index contributed by atoms with van der Waals surface area (Å²) in [5.41, 5.74) is 1.39. The van der Waals surface area contributed by atoms with Crippen molar-refractivity contribution >= 4 is 22.6 Å². The van der Waals surface area contributed by atoms with Crippen molar-refractivity contribution in [1.29, 1.82) is 0 Å². The first-order chi connectivity index (χ1) is 12.6. The van der Waals surface area contributed by atoms with Crippen LogP contribution in [-0.4, -0.2) is 25.7 Å². The van der Waals surface area contributed by atoms with Crippen LogP contribution in [0.4, 0.5) is 5.69 Å². The molecule has 0 bridgehead atoms. The molecule has 0 fully saturated rings. The van der Waals surface area contributed by atoms with Crippen molar-refractivity contribution in [2.75, 3.05) is 25.1 Å². The van der Waals surface area contributed by atoms with E-state index in [1.165, 1.54) is 6.07 Å². The standard InChI is InChI=1S/C20H19NO5/c1-14-11-20(23)26-18-12-15(7-8-17(14)18)21-19(22)13-24-9-10-25-16-5-3-2-4-6-16/h2-8,11-12H,9-10,13H2,1H3,(H,21,22). The molecule has 1 aromatic heterocycles. The summed E-state index contributed by atoms with van der Waals surface area (Å²) < 4.78 is 15.9. The van der Waals surface area contributed by atoms with Gasteiger partial charge in [-0.3, -0.25) is 4.79 Å². The molecule has 0 aliphatic heterocycles. The number of carbonyl (C=O) groups is 1. The Morgan fingerprint density at radius 3 is 2.69 bits per heavy atom. The van der Waals surface area contributed by atoms with Crippen LogP contribution >= 0.6 is 0 Å². The summed E-state index contributed by atoms with van der Waals surface area (Å²) in [7, 11) is 0. The highest BCUT2D eigenvalue weighted by Gasteiger charge is 2.06. The maximum Gasteiger partial charge on any atom is 0.336 e. The van der Waals surface area contributed by atoms with E-state index >= 15 is 0 Å². The van der Waals surface area contributed by atoms with Gasteiger partial charge in [0.15, 0.2) is 0 Å². The largest absolute Gasteiger partial charge is 0.491 e. The summed E-state index contributed by atoms with van der Waals surface area (Å²) in [5, 5.41) is 3.55. The molecule has 3 aromatic rings. The van der Waals surface area contributed by atoms with Crippen LogP contribution in [0.2, 0.25) is 0 Å². The molecule has 6 nitrogen and oxygen atoms in total. The Morgan fingerprint density at radius 2 is 1.88 bits per heavy atom. The SMILES string of the molecule is Cc1cc(=O)oc2cc(NC(=O)COCCOc3ccccc3)ccc12. The van der Waals surface area contributed by atoms with Gasteiger partial charge in [0.1, 0.15) is 24.5 Å². The van der Waals surface area contributed by atoms with Gasteiger partial charge in [-0.15, -0.1) is 0 Å². The number of rotatable bonds is 7. The number of anilines is 1. The molecule has 26 heavy (non-hydrogen) atoms. The maximum atomic E-state index is 11.9. The second-order valence-electron chi connectivity index (χ2n) is 5.72. The van der Waals surface area contributed by atoms with Crippen molar-refractivity contribution in [3.05, 3.63) is 70.6 Å². The van der Waals surface area contributed by atoms with E-state index in [0.29, 0.717) is 24.5 Å². The number of nitrogens with one attached hydrogen (secondary N) is 1. The van der Waals surface area contributed by atoms with E-state index in [9.17, 15) is 9.59 Å². The molecule has 1 amide bonds. The molecule has 1 N–H and O–H groups in total. The topological polar surface area (TPSA) is 77.8 Å². The highest BCUT2D eigenvalue weighted by atomic mass is 16.5. The van der Waals surface area contributed by atoms with Crippen LogP contribution in [0.15, 0.2) is 63.8 Å². The minimum Gasteiger partial charge on any atom is -0.491 e. The average Bonchev–Trinajstić information content (AvgIpc) is 2.62. The van der Waals surface area contributed by atoms with E-state index < -0.39 is 5.63 Å².